The lowest BCUT2D eigenvalue weighted by molar-refractivity contribution is 0.155. The molecular weight excluding hydrogens is 510 g/mol. The summed E-state index contributed by atoms with van der Waals surface area (Å²) in [6.45, 7) is 0. The van der Waals surface area contributed by atoms with Crippen molar-refractivity contribution >= 4 is 22.7 Å². The zero-order chi connectivity index (χ0) is 27.0. The molecule has 0 aliphatic heterocycles. The quantitative estimate of drug-likeness (QED) is 0.114. The maximum absolute atomic E-state index is 6.97. The topological polar surface area (TPSA) is 46.5 Å². The van der Waals surface area contributed by atoms with Crippen LogP contribution in [0.25, 0.3) is 11.3 Å². The van der Waals surface area contributed by atoms with Crippen molar-refractivity contribution in [3.8, 4) is 17.0 Å². The summed E-state index contributed by atoms with van der Waals surface area (Å²) in [7, 11) is 0. The Balaban J connectivity index is 1.25. The molecule has 0 spiro atoms. The highest BCUT2D eigenvalue weighted by atomic mass is 32.1. The minimum atomic E-state index is -0.817. The first-order valence-corrected chi connectivity index (χ1v) is 13.9. The molecule has 0 unspecified atom stereocenters. The Labute approximate surface area is 238 Å². The summed E-state index contributed by atoms with van der Waals surface area (Å²) in [5.41, 5.74) is 8.37. The molecule has 0 atom stereocenters. The zero-order valence-corrected chi connectivity index (χ0v) is 22.5. The Bertz CT molecular complexity index is 1570. The Hall–Kier alpha value is -5.00. The molecule has 0 bridgehead atoms. The standard InChI is InChI=1S/C35H27N3OS/c1-5-13-28(14-6-1)33-26-40-34(37-33)38-36-25-27-21-23-32(24-22-27)39-35(29-15-7-2-8-16-29,30-17-9-3-10-18-30)31-19-11-4-12-20-31/h1-26H,(H,37,38). The molecule has 6 aromatic rings. The Morgan fingerprint density at radius 3 is 1.65 bits per heavy atom. The molecule has 5 heteroatoms. The molecule has 4 nitrogen and oxygen atoms in total. The summed E-state index contributed by atoms with van der Waals surface area (Å²) in [5, 5.41) is 7.17. The van der Waals surface area contributed by atoms with Crippen LogP contribution in [0.2, 0.25) is 0 Å². The fourth-order valence-corrected chi connectivity index (χ4v) is 5.39. The number of hydrogen-bond acceptors (Lipinski definition) is 5. The molecule has 0 saturated heterocycles. The molecule has 194 valence electrons. The molecule has 0 amide bonds. The predicted octanol–water partition coefficient (Wildman–Crippen LogP) is 8.63. The average molecular weight is 538 g/mol. The van der Waals surface area contributed by atoms with Crippen LogP contribution in [0.5, 0.6) is 5.75 Å². The molecule has 0 fully saturated rings. The van der Waals surface area contributed by atoms with Crippen LogP contribution in [-0.4, -0.2) is 11.2 Å². The summed E-state index contributed by atoms with van der Waals surface area (Å²) in [5.74, 6) is 0.758. The first-order chi connectivity index (χ1) is 19.8. The van der Waals surface area contributed by atoms with Gasteiger partial charge < -0.3 is 4.74 Å². The highest BCUT2D eigenvalue weighted by Gasteiger charge is 2.38. The van der Waals surface area contributed by atoms with Gasteiger partial charge >= 0.3 is 0 Å². The van der Waals surface area contributed by atoms with Gasteiger partial charge in [-0.1, -0.05) is 121 Å². The predicted molar refractivity (Wildman–Crippen MR) is 165 cm³/mol. The Kier molecular flexibility index (Phi) is 7.46. The van der Waals surface area contributed by atoms with Gasteiger partial charge in [-0.15, -0.1) is 11.3 Å². The molecule has 1 N–H and O–H groups in total. The van der Waals surface area contributed by atoms with Crippen LogP contribution >= 0.6 is 11.3 Å². The van der Waals surface area contributed by atoms with Crippen LogP contribution in [0.4, 0.5) is 5.13 Å². The first kappa shape index (κ1) is 25.3. The van der Waals surface area contributed by atoms with E-state index in [0.717, 1.165) is 44.4 Å². The van der Waals surface area contributed by atoms with Gasteiger partial charge in [0, 0.05) is 27.6 Å². The third kappa shape index (κ3) is 5.41. The van der Waals surface area contributed by atoms with Crippen molar-refractivity contribution in [2.75, 3.05) is 5.43 Å². The molecular formula is C35H27N3OS. The SMILES string of the molecule is C(=NNc1nc(-c2ccccc2)cs1)c1ccc(OC(c2ccccc2)(c2ccccc2)c2ccccc2)cc1. The van der Waals surface area contributed by atoms with Crippen molar-refractivity contribution < 1.29 is 4.74 Å². The van der Waals surface area contributed by atoms with Gasteiger partial charge in [0.15, 0.2) is 5.60 Å². The molecule has 1 aromatic heterocycles. The van der Waals surface area contributed by atoms with Crippen LogP contribution in [0.15, 0.2) is 156 Å². The van der Waals surface area contributed by atoms with Crippen LogP contribution < -0.4 is 10.2 Å². The highest BCUT2D eigenvalue weighted by Crippen LogP contribution is 2.41. The van der Waals surface area contributed by atoms with E-state index in [9.17, 15) is 0 Å². The molecule has 6 rings (SSSR count). The van der Waals surface area contributed by atoms with Crippen LogP contribution in [0.3, 0.4) is 0 Å². The third-order valence-corrected chi connectivity index (χ3v) is 7.39. The molecule has 0 saturated carbocycles. The van der Waals surface area contributed by atoms with Crippen molar-refractivity contribution in [3.05, 3.63) is 173 Å². The van der Waals surface area contributed by atoms with E-state index in [1.165, 1.54) is 11.3 Å². The third-order valence-electron chi connectivity index (χ3n) is 6.64. The van der Waals surface area contributed by atoms with E-state index in [1.54, 1.807) is 6.21 Å². The van der Waals surface area contributed by atoms with E-state index < -0.39 is 5.60 Å². The second kappa shape index (κ2) is 11.8. The van der Waals surface area contributed by atoms with Gasteiger partial charge in [-0.2, -0.15) is 5.10 Å². The van der Waals surface area contributed by atoms with E-state index in [4.69, 9.17) is 4.74 Å². The lowest BCUT2D eigenvalue weighted by atomic mass is 9.80. The van der Waals surface area contributed by atoms with Crippen molar-refractivity contribution in [1.82, 2.24) is 4.98 Å². The van der Waals surface area contributed by atoms with E-state index in [0.29, 0.717) is 0 Å². The van der Waals surface area contributed by atoms with E-state index in [-0.39, 0.29) is 0 Å². The maximum atomic E-state index is 6.97. The number of hydrazone groups is 1. The lowest BCUT2D eigenvalue weighted by Crippen LogP contribution is -2.36. The number of aromatic nitrogens is 1. The summed E-state index contributed by atoms with van der Waals surface area (Å²) < 4.78 is 6.97. The monoisotopic (exact) mass is 537 g/mol. The zero-order valence-electron chi connectivity index (χ0n) is 21.7. The number of benzene rings is 5. The number of hydrogen-bond donors (Lipinski definition) is 1. The fourth-order valence-electron chi connectivity index (χ4n) is 4.72. The van der Waals surface area contributed by atoms with Gasteiger partial charge in [-0.3, -0.25) is 5.43 Å². The Morgan fingerprint density at radius 1 is 0.625 bits per heavy atom. The largest absolute Gasteiger partial charge is 0.473 e. The van der Waals surface area contributed by atoms with Gasteiger partial charge in [0.25, 0.3) is 0 Å². The van der Waals surface area contributed by atoms with Crippen LogP contribution in [-0.2, 0) is 5.60 Å². The number of nitrogens with zero attached hydrogens (tertiary/aromatic N) is 2. The van der Waals surface area contributed by atoms with E-state index in [2.05, 4.69) is 88.3 Å². The van der Waals surface area contributed by atoms with Crippen molar-refractivity contribution in [3.63, 3.8) is 0 Å². The van der Waals surface area contributed by atoms with Crippen LogP contribution in [0, 0.1) is 0 Å². The average Bonchev–Trinajstić information content (AvgIpc) is 3.51. The number of anilines is 1. The minimum Gasteiger partial charge on any atom is -0.473 e. The number of ether oxygens (including phenoxy) is 1. The second-order valence-electron chi connectivity index (χ2n) is 9.22. The summed E-state index contributed by atoms with van der Waals surface area (Å²) in [4.78, 5) is 4.63. The highest BCUT2D eigenvalue weighted by molar-refractivity contribution is 7.14. The first-order valence-electron chi connectivity index (χ1n) is 13.1. The molecule has 1 heterocycles. The number of rotatable bonds is 9. The van der Waals surface area contributed by atoms with E-state index >= 15 is 0 Å². The molecule has 0 radical (unpaired) electrons. The van der Waals surface area contributed by atoms with Gasteiger partial charge in [0.05, 0.1) is 11.9 Å². The van der Waals surface area contributed by atoms with Crippen molar-refractivity contribution in [2.24, 2.45) is 5.10 Å². The number of nitrogens with one attached hydrogen (secondary N) is 1. The summed E-state index contributed by atoms with van der Waals surface area (Å²) in [6, 6.07) is 49.2. The molecule has 0 aliphatic carbocycles. The van der Waals surface area contributed by atoms with Crippen LogP contribution in [0.1, 0.15) is 22.3 Å². The molecule has 40 heavy (non-hydrogen) atoms. The summed E-state index contributed by atoms with van der Waals surface area (Å²) in [6.07, 6.45) is 1.78. The smallest absolute Gasteiger partial charge is 0.203 e. The second-order valence-corrected chi connectivity index (χ2v) is 10.1. The van der Waals surface area contributed by atoms with Gasteiger partial charge in [-0.05, 0) is 29.8 Å². The lowest BCUT2D eigenvalue weighted by Gasteiger charge is -2.36. The molecule has 5 aromatic carbocycles. The number of thiazole rings is 1. The van der Waals surface area contributed by atoms with Gasteiger partial charge in [0.1, 0.15) is 5.75 Å². The van der Waals surface area contributed by atoms with E-state index in [1.807, 2.05) is 78.2 Å². The van der Waals surface area contributed by atoms with Crippen molar-refractivity contribution in [1.29, 1.82) is 0 Å². The van der Waals surface area contributed by atoms with Gasteiger partial charge in [0.2, 0.25) is 5.13 Å². The summed E-state index contributed by atoms with van der Waals surface area (Å²) >= 11 is 1.53. The maximum Gasteiger partial charge on any atom is 0.203 e. The molecule has 0 aliphatic rings. The fraction of sp³-hybridized carbons (Fsp3) is 0.0286. The minimum absolute atomic E-state index is 0.744. The normalized spacial score (nSPS) is 11.4. The Morgan fingerprint density at radius 2 is 1.12 bits per heavy atom. The van der Waals surface area contributed by atoms with Gasteiger partial charge in [-0.25, -0.2) is 4.98 Å². The van der Waals surface area contributed by atoms with Crippen molar-refractivity contribution in [2.45, 2.75) is 5.60 Å².